The summed E-state index contributed by atoms with van der Waals surface area (Å²) >= 11 is 0. The lowest BCUT2D eigenvalue weighted by atomic mass is 10.0. The van der Waals surface area contributed by atoms with Gasteiger partial charge >= 0.3 is 13.7 Å². The van der Waals surface area contributed by atoms with Gasteiger partial charge in [-0.05, 0) is 6.92 Å². The predicted octanol–water partition coefficient (Wildman–Crippen LogP) is 1.64. The minimum absolute atomic E-state index is 0.0542. The monoisotopic (exact) mass is 454 g/mol. The second kappa shape index (κ2) is 8.44. The Bertz CT molecular complexity index is 1010. The van der Waals surface area contributed by atoms with Gasteiger partial charge in [0.25, 0.3) is 0 Å². The summed E-state index contributed by atoms with van der Waals surface area (Å²) in [5, 5.41) is 2.83. The Hall–Kier alpha value is -2.11. The summed E-state index contributed by atoms with van der Waals surface area (Å²) in [5.74, 6) is -0.450. The smallest absolute Gasteiger partial charge is 0.406 e. The number of hydrogen-bond donors (Lipinski definition) is 2. The van der Waals surface area contributed by atoms with Crippen LogP contribution in [0.5, 0.6) is 0 Å². The molecule has 2 fully saturated rings. The molecule has 2 aromatic heterocycles. The Kier molecular flexibility index (Phi) is 6.01. The number of aromatic nitrogens is 4. The summed E-state index contributed by atoms with van der Waals surface area (Å²) in [6.45, 7) is 7.33. The number of carbonyl (C=O) groups excluding carboxylic acids is 1. The van der Waals surface area contributed by atoms with Crippen LogP contribution in [-0.2, 0) is 27.9 Å². The van der Waals surface area contributed by atoms with Crippen LogP contribution < -0.4 is 10.8 Å². The third-order valence-electron chi connectivity index (χ3n) is 5.30. The Morgan fingerprint density at radius 1 is 1.39 bits per heavy atom. The zero-order chi connectivity index (χ0) is 22.3. The van der Waals surface area contributed by atoms with Gasteiger partial charge in [0.05, 0.1) is 18.9 Å². The molecule has 0 aromatic carbocycles. The van der Waals surface area contributed by atoms with Gasteiger partial charge in [-0.3, -0.25) is 18.4 Å². The van der Waals surface area contributed by atoms with Crippen molar-refractivity contribution in [2.24, 2.45) is 11.8 Å². The van der Waals surface area contributed by atoms with E-state index < -0.39 is 32.2 Å². The molecular weight excluding hydrogens is 427 g/mol. The van der Waals surface area contributed by atoms with Crippen molar-refractivity contribution in [3.05, 3.63) is 12.7 Å². The Balaban J connectivity index is 1.44. The van der Waals surface area contributed by atoms with E-state index in [9.17, 15) is 9.36 Å². The van der Waals surface area contributed by atoms with Crippen molar-refractivity contribution < 1.29 is 27.9 Å². The molecule has 0 saturated carbocycles. The SMILES string of the molecule is CC(C)C(=O)OC[C@@H](C)NP1(=O)OC[C@H]2O[C@@H](n3cnc4c(N)ncnc43)[C@@H](C)[C@@H]2O1. The maximum Gasteiger partial charge on any atom is 0.406 e. The van der Waals surface area contributed by atoms with E-state index in [2.05, 4.69) is 20.0 Å². The third-order valence-corrected chi connectivity index (χ3v) is 7.07. The molecule has 0 radical (unpaired) electrons. The first-order valence-electron chi connectivity index (χ1n) is 10.1. The summed E-state index contributed by atoms with van der Waals surface area (Å²) in [4.78, 5) is 24.1. The fourth-order valence-electron chi connectivity index (χ4n) is 3.67. The summed E-state index contributed by atoms with van der Waals surface area (Å²) in [6, 6.07) is -0.421. The molecule has 4 heterocycles. The average molecular weight is 454 g/mol. The highest BCUT2D eigenvalue weighted by Gasteiger charge is 2.51. The number of nitrogens with zero attached hydrogens (tertiary/aromatic N) is 4. The highest BCUT2D eigenvalue weighted by atomic mass is 31.2. The Labute approximate surface area is 179 Å². The zero-order valence-electron chi connectivity index (χ0n) is 17.8. The molecule has 2 aromatic rings. The van der Waals surface area contributed by atoms with Crippen LogP contribution in [0.2, 0.25) is 0 Å². The van der Waals surface area contributed by atoms with Gasteiger partial charge in [0.15, 0.2) is 11.5 Å². The first kappa shape index (κ1) is 22.1. The van der Waals surface area contributed by atoms with Crippen molar-refractivity contribution in [1.29, 1.82) is 0 Å². The van der Waals surface area contributed by atoms with Crippen molar-refractivity contribution in [2.75, 3.05) is 18.9 Å². The van der Waals surface area contributed by atoms with Gasteiger partial charge in [-0.2, -0.15) is 0 Å². The lowest BCUT2D eigenvalue weighted by molar-refractivity contribution is -0.147. The van der Waals surface area contributed by atoms with E-state index in [1.165, 1.54) is 6.33 Å². The van der Waals surface area contributed by atoms with Crippen LogP contribution in [0, 0.1) is 11.8 Å². The topological polar surface area (TPSA) is 153 Å². The first-order chi connectivity index (χ1) is 14.7. The standard InChI is InChI=1S/C18H27N6O6P/c1-9(2)18(25)27-5-10(3)23-31(26)28-6-12-14(30-31)11(4)17(29-12)24-8-22-13-15(19)20-7-21-16(13)24/h7-12,14,17H,5-6H2,1-4H3,(H,23,26)(H2,19,20,21)/t10-,11+,12-,14+,17-,31?/m1/s1. The van der Waals surface area contributed by atoms with Crippen LogP contribution >= 0.6 is 7.75 Å². The van der Waals surface area contributed by atoms with Crippen molar-refractivity contribution in [1.82, 2.24) is 24.6 Å². The first-order valence-corrected chi connectivity index (χ1v) is 11.7. The molecule has 6 atom stereocenters. The van der Waals surface area contributed by atoms with Gasteiger partial charge in [0.1, 0.15) is 36.9 Å². The molecule has 0 aliphatic carbocycles. The number of nitrogens with two attached hydrogens (primary N) is 1. The second-order valence-corrected chi connectivity index (χ2v) is 9.91. The van der Waals surface area contributed by atoms with E-state index in [4.69, 9.17) is 24.3 Å². The van der Waals surface area contributed by atoms with Gasteiger partial charge in [-0.1, -0.05) is 20.8 Å². The molecule has 2 aliphatic heterocycles. The molecule has 1 unspecified atom stereocenters. The lowest BCUT2D eigenvalue weighted by Gasteiger charge is -2.33. The van der Waals surface area contributed by atoms with Crippen molar-refractivity contribution in [3.63, 3.8) is 0 Å². The molecule has 2 saturated heterocycles. The largest absolute Gasteiger partial charge is 0.464 e. The number of ether oxygens (including phenoxy) is 2. The van der Waals surface area contributed by atoms with Crippen LogP contribution in [0.4, 0.5) is 5.82 Å². The summed E-state index contributed by atoms with van der Waals surface area (Å²) in [6.07, 6.45) is 1.63. The number of nitrogen functional groups attached to an aromatic ring is 1. The van der Waals surface area contributed by atoms with Gasteiger partial charge in [-0.25, -0.2) is 24.6 Å². The van der Waals surface area contributed by atoms with E-state index in [0.717, 1.165) is 0 Å². The number of fused-ring (bicyclic) bond motifs is 2. The fourth-order valence-corrected chi connectivity index (χ4v) is 5.47. The fraction of sp³-hybridized carbons (Fsp3) is 0.667. The number of carbonyl (C=O) groups is 1. The summed E-state index contributed by atoms with van der Waals surface area (Å²) in [7, 11) is -3.61. The highest BCUT2D eigenvalue weighted by Crippen LogP contribution is 2.54. The maximum atomic E-state index is 13.2. The average Bonchev–Trinajstić information content (AvgIpc) is 3.28. The van der Waals surface area contributed by atoms with Crippen LogP contribution in [0.15, 0.2) is 12.7 Å². The minimum atomic E-state index is -3.61. The van der Waals surface area contributed by atoms with Crippen LogP contribution in [-0.4, -0.2) is 57.0 Å². The minimum Gasteiger partial charge on any atom is -0.464 e. The highest BCUT2D eigenvalue weighted by molar-refractivity contribution is 7.51. The quantitative estimate of drug-likeness (QED) is 0.484. The molecule has 170 valence electrons. The lowest BCUT2D eigenvalue weighted by Crippen LogP contribution is -2.41. The number of nitrogens with one attached hydrogen (secondary N) is 1. The van der Waals surface area contributed by atoms with Crippen molar-refractivity contribution in [2.45, 2.75) is 52.2 Å². The zero-order valence-corrected chi connectivity index (χ0v) is 18.7. The molecule has 0 spiro atoms. The third kappa shape index (κ3) is 4.31. The van der Waals surface area contributed by atoms with Gasteiger partial charge in [-0.15, -0.1) is 0 Å². The number of hydrogen-bond acceptors (Lipinski definition) is 10. The second-order valence-electron chi connectivity index (χ2n) is 8.19. The normalized spacial score (nSPS) is 31.6. The number of esters is 1. The predicted molar refractivity (Wildman–Crippen MR) is 110 cm³/mol. The molecule has 31 heavy (non-hydrogen) atoms. The summed E-state index contributed by atoms with van der Waals surface area (Å²) in [5.41, 5.74) is 6.91. The summed E-state index contributed by atoms with van der Waals surface area (Å²) < 4.78 is 37.6. The Morgan fingerprint density at radius 2 is 2.16 bits per heavy atom. The van der Waals surface area contributed by atoms with E-state index in [0.29, 0.717) is 11.2 Å². The van der Waals surface area contributed by atoms with E-state index in [-0.39, 0.29) is 36.8 Å². The molecule has 0 bridgehead atoms. The number of anilines is 1. The van der Waals surface area contributed by atoms with Gasteiger partial charge in [0, 0.05) is 12.0 Å². The van der Waals surface area contributed by atoms with E-state index >= 15 is 0 Å². The van der Waals surface area contributed by atoms with Crippen LogP contribution in [0.1, 0.15) is 33.9 Å². The van der Waals surface area contributed by atoms with Crippen molar-refractivity contribution >= 4 is 30.7 Å². The van der Waals surface area contributed by atoms with E-state index in [1.807, 2.05) is 6.92 Å². The molecule has 2 aliphatic rings. The van der Waals surface area contributed by atoms with Crippen LogP contribution in [0.25, 0.3) is 11.2 Å². The Morgan fingerprint density at radius 3 is 2.90 bits per heavy atom. The van der Waals surface area contributed by atoms with Gasteiger partial charge < -0.3 is 15.2 Å². The molecule has 0 amide bonds. The number of imidazole rings is 1. The number of rotatable bonds is 6. The van der Waals surface area contributed by atoms with Gasteiger partial charge in [0.2, 0.25) is 0 Å². The van der Waals surface area contributed by atoms with Crippen molar-refractivity contribution in [3.8, 4) is 0 Å². The molecule has 4 rings (SSSR count). The molecular formula is C18H27N6O6P. The molecule has 3 N–H and O–H groups in total. The van der Waals surface area contributed by atoms with Crippen LogP contribution in [0.3, 0.4) is 0 Å². The molecule has 13 heteroatoms. The maximum absolute atomic E-state index is 13.2. The molecule has 12 nitrogen and oxygen atoms in total. The van der Waals surface area contributed by atoms with E-state index in [1.54, 1.807) is 31.7 Å².